The molecule has 1 unspecified atom stereocenters. The van der Waals surface area contributed by atoms with E-state index in [-0.39, 0.29) is 17.1 Å². The normalized spacial score (nSPS) is 33.1. The Hall–Kier alpha value is -0.140. The van der Waals surface area contributed by atoms with Crippen molar-refractivity contribution in [1.82, 2.24) is 0 Å². The molecule has 0 aromatic rings. The maximum Gasteiger partial charge on any atom is 0.131 e. The van der Waals surface area contributed by atoms with Crippen molar-refractivity contribution < 1.29 is 5.11 Å². The van der Waals surface area contributed by atoms with E-state index in [9.17, 15) is 0 Å². The Kier molecular flexibility index (Phi) is 2.27. The van der Waals surface area contributed by atoms with E-state index >= 15 is 0 Å². The third-order valence-electron chi connectivity index (χ3n) is 1.51. The topological polar surface area (TPSA) is 20.2 Å². The predicted molar refractivity (Wildman–Crippen MR) is 43.5 cm³/mol. The first-order chi connectivity index (χ1) is 4.63. The lowest BCUT2D eigenvalue weighted by Crippen LogP contribution is -2.14. The molecule has 0 saturated heterocycles. The van der Waals surface area contributed by atoms with Crippen LogP contribution in [0.2, 0.25) is 0 Å². The Balaban J connectivity index is 2.88. The maximum atomic E-state index is 9.04. The summed E-state index contributed by atoms with van der Waals surface area (Å²) in [5.74, 6) is 0.282. The van der Waals surface area contributed by atoms with Gasteiger partial charge in [-0.05, 0) is 12.0 Å². The summed E-state index contributed by atoms with van der Waals surface area (Å²) in [7, 11) is 0. The third-order valence-corrected chi connectivity index (χ3v) is 2.66. The highest BCUT2D eigenvalue weighted by atomic mass is 35.5. The fourth-order valence-corrected chi connectivity index (χ4v) is 1.25. The molecule has 3 heteroatoms. The molecule has 0 aromatic heterocycles. The molecular formula is C7H8Cl2O. The molecule has 56 valence electrons. The van der Waals surface area contributed by atoms with Crippen LogP contribution in [0.15, 0.2) is 22.9 Å². The van der Waals surface area contributed by atoms with Gasteiger partial charge < -0.3 is 5.11 Å². The van der Waals surface area contributed by atoms with E-state index in [0.29, 0.717) is 5.03 Å². The van der Waals surface area contributed by atoms with Gasteiger partial charge in [0.05, 0.1) is 10.4 Å². The first kappa shape index (κ1) is 7.96. The second-order valence-corrected chi connectivity index (χ2v) is 3.23. The third kappa shape index (κ3) is 1.30. The number of allylic oxidation sites excluding steroid dienone is 3. The van der Waals surface area contributed by atoms with Crippen LogP contribution in [0.5, 0.6) is 0 Å². The lowest BCUT2D eigenvalue weighted by molar-refractivity contribution is 0.420. The Morgan fingerprint density at radius 2 is 2.20 bits per heavy atom. The molecule has 0 radical (unpaired) electrons. The fraction of sp³-hybridized carbons (Fsp3) is 0.429. The van der Waals surface area contributed by atoms with Gasteiger partial charge in [0.1, 0.15) is 5.76 Å². The molecule has 1 rings (SSSR count). The summed E-state index contributed by atoms with van der Waals surface area (Å²) >= 11 is 11.5. The zero-order valence-corrected chi connectivity index (χ0v) is 7.02. The van der Waals surface area contributed by atoms with Crippen molar-refractivity contribution in [3.8, 4) is 0 Å². The van der Waals surface area contributed by atoms with E-state index in [1.165, 1.54) is 0 Å². The van der Waals surface area contributed by atoms with Crippen LogP contribution in [-0.2, 0) is 0 Å². The van der Waals surface area contributed by atoms with E-state index in [2.05, 4.69) is 0 Å². The highest BCUT2D eigenvalue weighted by molar-refractivity contribution is 6.38. The quantitative estimate of drug-likeness (QED) is 0.567. The average molecular weight is 179 g/mol. The lowest BCUT2D eigenvalue weighted by Gasteiger charge is -2.17. The maximum absolute atomic E-state index is 9.04. The van der Waals surface area contributed by atoms with E-state index in [1.54, 1.807) is 6.08 Å². The van der Waals surface area contributed by atoms with Gasteiger partial charge in [0.15, 0.2) is 0 Å². The molecule has 0 saturated carbocycles. The largest absolute Gasteiger partial charge is 0.507 e. The summed E-state index contributed by atoms with van der Waals surface area (Å²) in [5.41, 5.74) is 0. The molecule has 0 fully saturated rings. The van der Waals surface area contributed by atoms with Crippen LogP contribution in [0.3, 0.4) is 0 Å². The number of alkyl halides is 1. The molecule has 0 aromatic carbocycles. The minimum Gasteiger partial charge on any atom is -0.507 e. The van der Waals surface area contributed by atoms with Gasteiger partial charge in [-0.2, -0.15) is 0 Å². The smallest absolute Gasteiger partial charge is 0.131 e. The summed E-state index contributed by atoms with van der Waals surface area (Å²) in [6, 6.07) is 0. The van der Waals surface area contributed by atoms with Gasteiger partial charge in [0.2, 0.25) is 0 Å². The second-order valence-electron chi connectivity index (χ2n) is 2.35. The van der Waals surface area contributed by atoms with Crippen LogP contribution in [0.1, 0.15) is 6.92 Å². The van der Waals surface area contributed by atoms with Crippen molar-refractivity contribution in [2.45, 2.75) is 12.3 Å². The fourth-order valence-electron chi connectivity index (χ4n) is 0.792. The first-order valence-corrected chi connectivity index (χ1v) is 3.85. The number of hydrogen-bond donors (Lipinski definition) is 1. The Morgan fingerprint density at radius 3 is 2.70 bits per heavy atom. The first-order valence-electron chi connectivity index (χ1n) is 3.04. The summed E-state index contributed by atoms with van der Waals surface area (Å²) in [4.78, 5) is 0. The van der Waals surface area contributed by atoms with Crippen molar-refractivity contribution in [3.63, 3.8) is 0 Å². The molecule has 0 spiro atoms. The number of aliphatic hydroxyl groups is 1. The standard InChI is InChI=1S/C7H8Cl2O/c1-4-2-3-5(10)7(9)6(4)8/h2-4,6,10H,1H3/t4-,6?/m1/s1. The average Bonchev–Trinajstić information content (AvgIpc) is 1.93. The summed E-state index contributed by atoms with van der Waals surface area (Å²) in [6.07, 6.45) is 3.41. The molecule has 0 aliphatic heterocycles. The van der Waals surface area contributed by atoms with Crippen molar-refractivity contribution in [1.29, 1.82) is 0 Å². The van der Waals surface area contributed by atoms with E-state index in [4.69, 9.17) is 28.3 Å². The highest BCUT2D eigenvalue weighted by Gasteiger charge is 2.21. The molecule has 0 bridgehead atoms. The molecule has 1 aliphatic carbocycles. The number of halogens is 2. The summed E-state index contributed by atoms with van der Waals surface area (Å²) in [6.45, 7) is 1.95. The summed E-state index contributed by atoms with van der Waals surface area (Å²) in [5, 5.41) is 9.11. The molecule has 0 amide bonds. The van der Waals surface area contributed by atoms with Gasteiger partial charge in [-0.1, -0.05) is 24.6 Å². The van der Waals surface area contributed by atoms with Gasteiger partial charge in [0, 0.05) is 0 Å². The van der Waals surface area contributed by atoms with Crippen molar-refractivity contribution >= 4 is 23.2 Å². The van der Waals surface area contributed by atoms with Crippen molar-refractivity contribution in [2.24, 2.45) is 5.92 Å². The van der Waals surface area contributed by atoms with Crippen LogP contribution < -0.4 is 0 Å². The molecule has 2 atom stereocenters. The minimum absolute atomic E-state index is 0.0831. The molecule has 1 nitrogen and oxygen atoms in total. The van der Waals surface area contributed by atoms with Crippen molar-refractivity contribution in [2.75, 3.05) is 0 Å². The molecule has 1 N–H and O–H groups in total. The lowest BCUT2D eigenvalue weighted by atomic mass is 10.0. The van der Waals surface area contributed by atoms with E-state index in [0.717, 1.165) is 0 Å². The van der Waals surface area contributed by atoms with E-state index in [1.807, 2.05) is 13.0 Å². The summed E-state index contributed by atoms with van der Waals surface area (Å²) < 4.78 is 0. The Morgan fingerprint density at radius 1 is 1.60 bits per heavy atom. The number of aliphatic hydroxyl groups excluding tert-OH is 1. The van der Waals surface area contributed by atoms with Crippen LogP contribution in [0.4, 0.5) is 0 Å². The Labute approximate surface area is 69.9 Å². The molecule has 10 heavy (non-hydrogen) atoms. The zero-order chi connectivity index (χ0) is 7.72. The van der Waals surface area contributed by atoms with Crippen LogP contribution in [0.25, 0.3) is 0 Å². The predicted octanol–water partition coefficient (Wildman–Crippen LogP) is 2.81. The van der Waals surface area contributed by atoms with Crippen LogP contribution in [-0.4, -0.2) is 10.5 Å². The number of hydrogen-bond acceptors (Lipinski definition) is 1. The molecular weight excluding hydrogens is 171 g/mol. The zero-order valence-electron chi connectivity index (χ0n) is 5.51. The van der Waals surface area contributed by atoms with Gasteiger partial charge in [0.25, 0.3) is 0 Å². The van der Waals surface area contributed by atoms with Crippen LogP contribution >= 0.6 is 23.2 Å². The molecule has 0 heterocycles. The van der Waals surface area contributed by atoms with E-state index < -0.39 is 0 Å². The minimum atomic E-state index is -0.272. The second kappa shape index (κ2) is 2.85. The van der Waals surface area contributed by atoms with Gasteiger partial charge in [-0.3, -0.25) is 0 Å². The number of rotatable bonds is 0. The van der Waals surface area contributed by atoms with Gasteiger partial charge in [-0.15, -0.1) is 11.6 Å². The van der Waals surface area contributed by atoms with Gasteiger partial charge in [-0.25, -0.2) is 0 Å². The highest BCUT2D eigenvalue weighted by Crippen LogP contribution is 2.29. The van der Waals surface area contributed by atoms with Crippen molar-refractivity contribution in [3.05, 3.63) is 22.9 Å². The van der Waals surface area contributed by atoms with Gasteiger partial charge >= 0.3 is 0 Å². The van der Waals surface area contributed by atoms with Crippen LogP contribution in [0, 0.1) is 5.92 Å². The molecule has 1 aliphatic rings. The SMILES string of the molecule is C[C@@H]1C=CC(O)=C(Cl)C1Cl. The Bertz CT molecular complexity index is 196. The monoisotopic (exact) mass is 178 g/mol.